The molecule has 1 saturated carbocycles. The zero-order valence-electron chi connectivity index (χ0n) is 13.0. The van der Waals surface area contributed by atoms with Gasteiger partial charge in [-0.25, -0.2) is 4.98 Å². The molecule has 116 valence electrons. The summed E-state index contributed by atoms with van der Waals surface area (Å²) in [6, 6.07) is 0.315. The highest BCUT2D eigenvalue weighted by molar-refractivity contribution is 5.76. The maximum Gasteiger partial charge on any atom is 0.254 e. The van der Waals surface area contributed by atoms with Crippen molar-refractivity contribution in [2.75, 3.05) is 0 Å². The van der Waals surface area contributed by atoms with Crippen molar-refractivity contribution >= 4 is 5.91 Å². The first-order valence-electron chi connectivity index (χ1n) is 7.92. The molecule has 1 aromatic rings. The van der Waals surface area contributed by atoms with Crippen LogP contribution in [0, 0.1) is 13.8 Å². The highest BCUT2D eigenvalue weighted by atomic mass is 16.1. The number of nitrogens with zero attached hydrogens (tertiary/aromatic N) is 1. The van der Waals surface area contributed by atoms with Crippen LogP contribution in [-0.4, -0.2) is 21.9 Å². The summed E-state index contributed by atoms with van der Waals surface area (Å²) in [5.41, 5.74) is 1.22. The van der Waals surface area contributed by atoms with Crippen molar-refractivity contribution < 1.29 is 4.79 Å². The van der Waals surface area contributed by atoms with Gasteiger partial charge in [0.1, 0.15) is 5.82 Å². The van der Waals surface area contributed by atoms with Crippen molar-refractivity contribution in [3.05, 3.63) is 27.4 Å². The van der Waals surface area contributed by atoms with E-state index in [2.05, 4.69) is 15.3 Å². The molecule has 0 bridgehead atoms. The SMILES string of the molecule is Cc1nc(C)c(CCC(=O)NC2CCCCCC2)c(=O)[nH]1. The highest BCUT2D eigenvalue weighted by Gasteiger charge is 2.15. The van der Waals surface area contributed by atoms with Gasteiger partial charge in [-0.15, -0.1) is 0 Å². The Morgan fingerprint density at radius 3 is 2.52 bits per heavy atom. The second kappa shape index (κ2) is 7.38. The monoisotopic (exact) mass is 291 g/mol. The molecule has 5 heteroatoms. The number of nitrogens with one attached hydrogen (secondary N) is 2. The Hall–Kier alpha value is -1.65. The van der Waals surface area contributed by atoms with Crippen LogP contribution in [0.4, 0.5) is 0 Å². The summed E-state index contributed by atoms with van der Waals surface area (Å²) in [6.07, 6.45) is 7.91. The second-order valence-electron chi connectivity index (χ2n) is 5.97. The molecule has 1 aromatic heterocycles. The minimum absolute atomic E-state index is 0.0428. The first kappa shape index (κ1) is 15.7. The van der Waals surface area contributed by atoms with Gasteiger partial charge in [0, 0.05) is 23.7 Å². The smallest absolute Gasteiger partial charge is 0.254 e. The Bertz CT molecular complexity index is 543. The van der Waals surface area contributed by atoms with E-state index in [1.165, 1.54) is 25.7 Å². The number of hydrogen-bond acceptors (Lipinski definition) is 3. The molecule has 0 unspecified atom stereocenters. The van der Waals surface area contributed by atoms with E-state index >= 15 is 0 Å². The van der Waals surface area contributed by atoms with Gasteiger partial charge in [0.2, 0.25) is 5.91 Å². The van der Waals surface area contributed by atoms with Crippen LogP contribution in [0.5, 0.6) is 0 Å². The van der Waals surface area contributed by atoms with Crippen molar-refractivity contribution in [3.63, 3.8) is 0 Å². The van der Waals surface area contributed by atoms with Crippen LogP contribution in [0.25, 0.3) is 0 Å². The number of rotatable bonds is 4. The summed E-state index contributed by atoms with van der Waals surface area (Å²) in [5.74, 6) is 0.658. The number of H-pyrrole nitrogens is 1. The lowest BCUT2D eigenvalue weighted by atomic mass is 10.1. The van der Waals surface area contributed by atoms with Gasteiger partial charge in [-0.2, -0.15) is 0 Å². The lowest BCUT2D eigenvalue weighted by Gasteiger charge is -2.16. The van der Waals surface area contributed by atoms with Crippen LogP contribution in [0.3, 0.4) is 0 Å². The van der Waals surface area contributed by atoms with E-state index in [1.807, 2.05) is 6.92 Å². The third-order valence-corrected chi connectivity index (χ3v) is 4.16. The number of amides is 1. The Morgan fingerprint density at radius 1 is 1.24 bits per heavy atom. The summed E-state index contributed by atoms with van der Waals surface area (Å²) in [7, 11) is 0. The van der Waals surface area contributed by atoms with Crippen molar-refractivity contribution in [1.82, 2.24) is 15.3 Å². The molecule has 0 atom stereocenters. The third kappa shape index (κ3) is 4.69. The summed E-state index contributed by atoms with van der Waals surface area (Å²) in [4.78, 5) is 30.9. The van der Waals surface area contributed by atoms with Gasteiger partial charge in [0.25, 0.3) is 5.56 Å². The molecule has 0 radical (unpaired) electrons. The average Bonchev–Trinajstić information content (AvgIpc) is 2.66. The molecular formula is C16H25N3O2. The van der Waals surface area contributed by atoms with Crippen molar-refractivity contribution in [2.45, 2.75) is 71.3 Å². The van der Waals surface area contributed by atoms with Gasteiger partial charge in [0.05, 0.1) is 0 Å². The van der Waals surface area contributed by atoms with E-state index in [1.54, 1.807) is 6.92 Å². The third-order valence-electron chi connectivity index (χ3n) is 4.16. The van der Waals surface area contributed by atoms with Gasteiger partial charge < -0.3 is 10.3 Å². The highest BCUT2D eigenvalue weighted by Crippen LogP contribution is 2.17. The summed E-state index contributed by atoms with van der Waals surface area (Å²) in [5, 5.41) is 3.11. The molecule has 1 fully saturated rings. The van der Waals surface area contributed by atoms with Crippen LogP contribution in [0.1, 0.15) is 62.0 Å². The molecule has 2 rings (SSSR count). The number of carbonyl (C=O) groups excluding carboxylic acids is 1. The normalized spacial score (nSPS) is 16.5. The number of aryl methyl sites for hydroxylation is 2. The van der Waals surface area contributed by atoms with Crippen LogP contribution in [-0.2, 0) is 11.2 Å². The Balaban J connectivity index is 1.88. The maximum absolute atomic E-state index is 12.0. The van der Waals surface area contributed by atoms with E-state index in [0.717, 1.165) is 18.5 Å². The van der Waals surface area contributed by atoms with Crippen LogP contribution < -0.4 is 10.9 Å². The quantitative estimate of drug-likeness (QED) is 0.835. The predicted octanol–water partition coefficient (Wildman–Crippen LogP) is 2.16. The predicted molar refractivity (Wildman–Crippen MR) is 82.3 cm³/mol. The minimum atomic E-state index is -0.123. The van der Waals surface area contributed by atoms with E-state index in [0.29, 0.717) is 30.3 Å². The molecule has 5 nitrogen and oxygen atoms in total. The zero-order valence-corrected chi connectivity index (χ0v) is 13.0. The molecule has 0 aliphatic heterocycles. The first-order chi connectivity index (χ1) is 10.1. The van der Waals surface area contributed by atoms with Crippen molar-refractivity contribution in [3.8, 4) is 0 Å². The Morgan fingerprint density at radius 2 is 1.90 bits per heavy atom. The van der Waals surface area contributed by atoms with E-state index < -0.39 is 0 Å². The Labute approximate surface area is 125 Å². The van der Waals surface area contributed by atoms with Crippen LogP contribution in [0.2, 0.25) is 0 Å². The Kier molecular flexibility index (Phi) is 5.53. The fraction of sp³-hybridized carbons (Fsp3) is 0.688. The van der Waals surface area contributed by atoms with Crippen molar-refractivity contribution in [2.24, 2.45) is 0 Å². The molecule has 1 amide bonds. The molecule has 1 aliphatic rings. The number of hydrogen-bond donors (Lipinski definition) is 2. The summed E-state index contributed by atoms with van der Waals surface area (Å²) >= 11 is 0. The van der Waals surface area contributed by atoms with Crippen LogP contribution in [0.15, 0.2) is 4.79 Å². The van der Waals surface area contributed by atoms with Gasteiger partial charge >= 0.3 is 0 Å². The van der Waals surface area contributed by atoms with E-state index in [9.17, 15) is 9.59 Å². The molecule has 0 aromatic carbocycles. The lowest BCUT2D eigenvalue weighted by molar-refractivity contribution is -0.121. The van der Waals surface area contributed by atoms with E-state index in [4.69, 9.17) is 0 Å². The van der Waals surface area contributed by atoms with Gasteiger partial charge in [0.15, 0.2) is 0 Å². The molecule has 1 heterocycles. The fourth-order valence-corrected chi connectivity index (χ4v) is 3.01. The molecule has 2 N–H and O–H groups in total. The minimum Gasteiger partial charge on any atom is -0.353 e. The molecule has 0 saturated heterocycles. The first-order valence-corrected chi connectivity index (χ1v) is 7.92. The molecule has 1 aliphatic carbocycles. The molecule has 21 heavy (non-hydrogen) atoms. The summed E-state index contributed by atoms with van der Waals surface area (Å²) < 4.78 is 0. The largest absolute Gasteiger partial charge is 0.353 e. The lowest BCUT2D eigenvalue weighted by Crippen LogP contribution is -2.34. The van der Waals surface area contributed by atoms with Gasteiger partial charge in [-0.05, 0) is 33.1 Å². The topological polar surface area (TPSA) is 74.8 Å². The standard InChI is InChI=1S/C16H25N3O2/c1-11-14(16(21)18-12(2)17-11)9-10-15(20)19-13-7-5-3-4-6-8-13/h13H,3-10H2,1-2H3,(H,19,20)(H,17,18,21). The van der Waals surface area contributed by atoms with Crippen LogP contribution >= 0.6 is 0 Å². The maximum atomic E-state index is 12.0. The average molecular weight is 291 g/mol. The van der Waals surface area contributed by atoms with Gasteiger partial charge in [-0.1, -0.05) is 25.7 Å². The fourth-order valence-electron chi connectivity index (χ4n) is 3.01. The number of aromatic nitrogens is 2. The van der Waals surface area contributed by atoms with Gasteiger partial charge in [-0.3, -0.25) is 9.59 Å². The number of carbonyl (C=O) groups is 1. The summed E-state index contributed by atoms with van der Waals surface area (Å²) in [6.45, 7) is 3.58. The van der Waals surface area contributed by atoms with Crippen molar-refractivity contribution in [1.29, 1.82) is 0 Å². The molecular weight excluding hydrogens is 266 g/mol. The molecule has 0 spiro atoms. The number of aromatic amines is 1. The zero-order chi connectivity index (χ0) is 15.2. The van der Waals surface area contributed by atoms with E-state index in [-0.39, 0.29) is 11.5 Å². The second-order valence-corrected chi connectivity index (χ2v) is 5.97.